The Morgan fingerprint density at radius 1 is 1.11 bits per heavy atom. The zero-order chi connectivity index (χ0) is 20.3. The molecule has 1 aliphatic rings. The van der Waals surface area contributed by atoms with Gasteiger partial charge in [0.05, 0.1) is 4.90 Å². The second-order valence-corrected chi connectivity index (χ2v) is 9.69. The molecule has 0 aliphatic heterocycles. The summed E-state index contributed by atoms with van der Waals surface area (Å²) in [6.07, 6.45) is 5.02. The lowest BCUT2D eigenvalue weighted by atomic mass is 9.96. The number of benzene rings is 2. The molecule has 1 saturated carbocycles. The summed E-state index contributed by atoms with van der Waals surface area (Å²) in [7, 11) is -2.01. The molecule has 0 bridgehead atoms. The molecule has 2 aromatic rings. The van der Waals surface area contributed by atoms with Crippen molar-refractivity contribution in [2.45, 2.75) is 50.0 Å². The molecule has 150 valence electrons. The Kier molecular flexibility index (Phi) is 6.43. The smallest absolute Gasteiger partial charge is 0.255 e. The number of carbonyl (C=O) groups excluding carboxylic acids is 1. The van der Waals surface area contributed by atoms with Crippen molar-refractivity contribution < 1.29 is 13.2 Å². The summed E-state index contributed by atoms with van der Waals surface area (Å²) in [6, 6.07) is 11.4. The van der Waals surface area contributed by atoms with E-state index in [0.717, 1.165) is 37.7 Å². The maximum atomic E-state index is 13.0. The fraction of sp³-hybridized carbons (Fsp3) is 0.381. The Bertz CT molecular complexity index is 969. The van der Waals surface area contributed by atoms with Crippen LogP contribution < -0.4 is 5.32 Å². The molecule has 0 saturated heterocycles. The van der Waals surface area contributed by atoms with Crippen LogP contribution in [0.5, 0.6) is 0 Å². The number of aryl methyl sites for hydroxylation is 1. The van der Waals surface area contributed by atoms with Crippen LogP contribution in [0.2, 0.25) is 5.02 Å². The second-order valence-electron chi connectivity index (χ2n) is 7.25. The van der Waals surface area contributed by atoms with Crippen molar-refractivity contribution in [1.82, 2.24) is 4.31 Å². The van der Waals surface area contributed by atoms with Gasteiger partial charge in [-0.3, -0.25) is 4.79 Å². The van der Waals surface area contributed by atoms with Gasteiger partial charge in [0.2, 0.25) is 10.0 Å². The van der Waals surface area contributed by atoms with Crippen LogP contribution >= 0.6 is 11.6 Å². The van der Waals surface area contributed by atoms with Crippen LogP contribution in [0.15, 0.2) is 47.4 Å². The highest BCUT2D eigenvalue weighted by molar-refractivity contribution is 7.89. The molecule has 1 fully saturated rings. The van der Waals surface area contributed by atoms with Crippen molar-refractivity contribution in [2.24, 2.45) is 0 Å². The third-order valence-corrected chi connectivity index (χ3v) is 7.44. The zero-order valence-corrected chi connectivity index (χ0v) is 17.7. The molecule has 0 unspecified atom stereocenters. The van der Waals surface area contributed by atoms with Crippen LogP contribution in [-0.2, 0) is 10.0 Å². The van der Waals surface area contributed by atoms with E-state index < -0.39 is 10.0 Å². The predicted molar refractivity (Wildman–Crippen MR) is 112 cm³/mol. The number of nitrogens with zero attached hydrogens (tertiary/aromatic N) is 1. The first-order valence-corrected chi connectivity index (χ1v) is 11.3. The minimum absolute atomic E-state index is 0.0212. The number of hydrogen-bond acceptors (Lipinski definition) is 3. The minimum atomic E-state index is -3.65. The summed E-state index contributed by atoms with van der Waals surface area (Å²) in [4.78, 5) is 12.8. The second kappa shape index (κ2) is 8.64. The van der Waals surface area contributed by atoms with E-state index >= 15 is 0 Å². The van der Waals surface area contributed by atoms with Gasteiger partial charge in [0.25, 0.3) is 5.91 Å². The van der Waals surface area contributed by atoms with Gasteiger partial charge < -0.3 is 5.32 Å². The maximum absolute atomic E-state index is 13.0. The summed E-state index contributed by atoms with van der Waals surface area (Å²) >= 11 is 5.95. The monoisotopic (exact) mass is 420 g/mol. The zero-order valence-electron chi connectivity index (χ0n) is 16.1. The summed E-state index contributed by atoms with van der Waals surface area (Å²) in [6.45, 7) is 1.85. The van der Waals surface area contributed by atoms with E-state index in [1.165, 1.54) is 10.4 Å². The first-order chi connectivity index (χ1) is 13.3. The number of carbonyl (C=O) groups is 1. The van der Waals surface area contributed by atoms with Crippen LogP contribution in [0.4, 0.5) is 5.69 Å². The van der Waals surface area contributed by atoms with Crippen LogP contribution in [0.1, 0.15) is 48.0 Å². The third-order valence-electron chi connectivity index (χ3n) is 5.30. The van der Waals surface area contributed by atoms with Crippen molar-refractivity contribution >= 4 is 33.2 Å². The minimum Gasteiger partial charge on any atom is -0.322 e. The Hall–Kier alpha value is -1.89. The van der Waals surface area contributed by atoms with E-state index in [2.05, 4.69) is 5.32 Å². The molecule has 1 aliphatic carbocycles. The van der Waals surface area contributed by atoms with Crippen molar-refractivity contribution in [2.75, 3.05) is 12.4 Å². The lowest BCUT2D eigenvalue weighted by Crippen LogP contribution is -2.38. The molecule has 0 aromatic heterocycles. The highest BCUT2D eigenvalue weighted by atomic mass is 35.5. The average Bonchev–Trinajstić information content (AvgIpc) is 2.70. The third kappa shape index (κ3) is 4.57. The molecular formula is C21H25ClN2O3S. The Morgan fingerprint density at radius 3 is 2.50 bits per heavy atom. The van der Waals surface area contributed by atoms with Crippen molar-refractivity contribution in [3.63, 3.8) is 0 Å². The van der Waals surface area contributed by atoms with Gasteiger partial charge >= 0.3 is 0 Å². The first-order valence-electron chi connectivity index (χ1n) is 9.44. The number of rotatable bonds is 5. The van der Waals surface area contributed by atoms with Crippen molar-refractivity contribution in [1.29, 1.82) is 0 Å². The van der Waals surface area contributed by atoms with Crippen LogP contribution in [0.25, 0.3) is 0 Å². The number of anilines is 1. The van der Waals surface area contributed by atoms with Crippen molar-refractivity contribution in [3.8, 4) is 0 Å². The van der Waals surface area contributed by atoms with Crippen molar-refractivity contribution in [3.05, 3.63) is 58.6 Å². The number of sulfonamides is 1. The predicted octanol–water partition coefficient (Wildman–Crippen LogP) is 4.85. The molecule has 0 radical (unpaired) electrons. The van der Waals surface area contributed by atoms with Crippen LogP contribution in [0, 0.1) is 6.92 Å². The summed E-state index contributed by atoms with van der Waals surface area (Å²) < 4.78 is 27.5. The van der Waals surface area contributed by atoms with Gasteiger partial charge in [-0.15, -0.1) is 0 Å². The van der Waals surface area contributed by atoms with E-state index in [0.29, 0.717) is 16.3 Å². The van der Waals surface area contributed by atoms with Gasteiger partial charge in [-0.05, 0) is 61.7 Å². The highest BCUT2D eigenvalue weighted by Gasteiger charge is 2.29. The molecule has 7 heteroatoms. The first kappa shape index (κ1) is 20.8. The SMILES string of the molecule is Cc1cc(Cl)ccc1NC(=O)c1cccc(S(=O)(=O)N(C)C2CCCCC2)c1. The molecule has 1 N–H and O–H groups in total. The molecule has 3 rings (SSSR count). The fourth-order valence-electron chi connectivity index (χ4n) is 3.57. The summed E-state index contributed by atoms with van der Waals surface area (Å²) in [5.74, 6) is -0.359. The number of amides is 1. The Labute approximate surface area is 171 Å². The highest BCUT2D eigenvalue weighted by Crippen LogP contribution is 2.27. The van der Waals surface area contributed by atoms with Gasteiger partial charge in [-0.2, -0.15) is 4.31 Å². The molecule has 2 aromatic carbocycles. The molecular weight excluding hydrogens is 396 g/mol. The van der Waals surface area contributed by atoms with E-state index in [1.54, 1.807) is 43.4 Å². The molecule has 0 spiro atoms. The fourth-order valence-corrected chi connectivity index (χ4v) is 5.26. The normalized spacial score (nSPS) is 15.6. The summed E-state index contributed by atoms with van der Waals surface area (Å²) in [5, 5.41) is 3.41. The van der Waals surface area contributed by atoms with E-state index in [1.807, 2.05) is 6.92 Å². The maximum Gasteiger partial charge on any atom is 0.255 e. The number of hydrogen-bond donors (Lipinski definition) is 1. The Balaban J connectivity index is 1.81. The largest absolute Gasteiger partial charge is 0.322 e. The molecule has 1 amide bonds. The lowest BCUT2D eigenvalue weighted by Gasteiger charge is -2.30. The van der Waals surface area contributed by atoms with E-state index in [-0.39, 0.29) is 16.8 Å². The average molecular weight is 421 g/mol. The van der Waals surface area contributed by atoms with Crippen LogP contribution in [0.3, 0.4) is 0 Å². The molecule has 0 atom stereocenters. The number of halogens is 1. The molecule has 28 heavy (non-hydrogen) atoms. The molecule has 5 nitrogen and oxygen atoms in total. The van der Waals surface area contributed by atoms with Gasteiger partial charge in [-0.1, -0.05) is 36.9 Å². The number of nitrogens with one attached hydrogen (secondary N) is 1. The molecule has 0 heterocycles. The van der Waals surface area contributed by atoms with Gasteiger partial charge in [-0.25, -0.2) is 8.42 Å². The van der Waals surface area contributed by atoms with Crippen LogP contribution in [-0.4, -0.2) is 31.7 Å². The topological polar surface area (TPSA) is 66.5 Å². The van der Waals surface area contributed by atoms with E-state index in [9.17, 15) is 13.2 Å². The van der Waals surface area contributed by atoms with E-state index in [4.69, 9.17) is 11.6 Å². The summed E-state index contributed by atoms with van der Waals surface area (Å²) in [5.41, 5.74) is 1.77. The van der Waals surface area contributed by atoms with Gasteiger partial charge in [0.1, 0.15) is 0 Å². The van der Waals surface area contributed by atoms with Gasteiger partial charge in [0, 0.05) is 29.4 Å². The lowest BCUT2D eigenvalue weighted by molar-refractivity contribution is 0.102. The van der Waals surface area contributed by atoms with Gasteiger partial charge in [0.15, 0.2) is 0 Å². The standard InChI is InChI=1S/C21H25ClN2O3S/c1-15-13-17(22)11-12-20(15)23-21(25)16-7-6-10-19(14-16)28(26,27)24(2)18-8-4-3-5-9-18/h6-7,10-14,18H,3-5,8-9H2,1-2H3,(H,23,25). The Morgan fingerprint density at radius 2 is 1.82 bits per heavy atom. The quantitative estimate of drug-likeness (QED) is 0.751.